The van der Waals surface area contributed by atoms with Crippen LogP contribution in [0.2, 0.25) is 0 Å². The second-order valence-corrected chi connectivity index (χ2v) is 9.03. The van der Waals surface area contributed by atoms with E-state index in [1.807, 2.05) is 4.90 Å². The van der Waals surface area contributed by atoms with E-state index in [1.54, 1.807) is 16.7 Å². The van der Waals surface area contributed by atoms with Crippen LogP contribution in [-0.2, 0) is 0 Å². The molecule has 3 aliphatic heterocycles. The quantitative estimate of drug-likeness (QED) is 0.800. The first kappa shape index (κ1) is 19.2. The first-order chi connectivity index (χ1) is 14.2. The molecule has 9 heteroatoms. The molecule has 2 fully saturated rings. The number of rotatable bonds is 2. The second kappa shape index (κ2) is 6.34. The van der Waals surface area contributed by atoms with Gasteiger partial charge in [0.25, 0.3) is 0 Å². The number of hydrogen-bond acceptors (Lipinski definition) is 6. The van der Waals surface area contributed by atoms with Gasteiger partial charge in [0.15, 0.2) is 18.3 Å². The summed E-state index contributed by atoms with van der Waals surface area (Å²) >= 11 is 0. The normalized spacial score (nSPS) is 22.9. The summed E-state index contributed by atoms with van der Waals surface area (Å²) in [6, 6.07) is 1.51. The Labute approximate surface area is 173 Å². The van der Waals surface area contributed by atoms with E-state index in [1.165, 1.54) is 6.20 Å². The van der Waals surface area contributed by atoms with Gasteiger partial charge in [-0.15, -0.1) is 0 Å². The summed E-state index contributed by atoms with van der Waals surface area (Å²) in [7, 11) is 1.72. The van der Waals surface area contributed by atoms with Crippen molar-refractivity contribution in [3.63, 3.8) is 0 Å². The topological polar surface area (TPSA) is 78.2 Å². The fourth-order valence-corrected chi connectivity index (χ4v) is 5.24. The molecule has 1 aromatic carbocycles. The third-order valence-corrected chi connectivity index (χ3v) is 6.81. The van der Waals surface area contributed by atoms with Crippen molar-refractivity contribution in [3.05, 3.63) is 33.9 Å². The number of aromatic nitrogens is 1. The Bertz CT molecular complexity index is 1130. The van der Waals surface area contributed by atoms with Crippen LogP contribution in [0.1, 0.15) is 37.0 Å². The van der Waals surface area contributed by atoms with Crippen LogP contribution in [0.15, 0.2) is 17.1 Å². The van der Waals surface area contributed by atoms with E-state index >= 15 is 4.39 Å². The van der Waals surface area contributed by atoms with Crippen molar-refractivity contribution in [1.82, 2.24) is 9.58 Å². The molecular formula is C21H25FN4O4. The molecule has 0 spiro atoms. The van der Waals surface area contributed by atoms with Crippen LogP contribution in [0, 0.1) is 5.82 Å². The van der Waals surface area contributed by atoms with Gasteiger partial charge in [-0.2, -0.15) is 0 Å². The molecule has 1 N–H and O–H groups in total. The van der Waals surface area contributed by atoms with Crippen LogP contribution in [0.4, 0.5) is 10.1 Å². The first-order valence-electron chi connectivity index (χ1n) is 10.2. The zero-order valence-corrected chi connectivity index (χ0v) is 17.3. The average molecular weight is 416 g/mol. The number of hydrogen-bond donors (Lipinski definition) is 1. The summed E-state index contributed by atoms with van der Waals surface area (Å²) in [5, 5.41) is 11.1. The lowest BCUT2D eigenvalue weighted by atomic mass is 10.0. The number of ether oxygens (including phenoxy) is 1. The van der Waals surface area contributed by atoms with Crippen LogP contribution >= 0.6 is 0 Å². The highest BCUT2D eigenvalue weighted by molar-refractivity contribution is 5.97. The summed E-state index contributed by atoms with van der Waals surface area (Å²) in [5.41, 5.74) is -0.182. The maximum absolute atomic E-state index is 15.4. The summed E-state index contributed by atoms with van der Waals surface area (Å²) in [4.78, 5) is 28.8. The molecule has 1 aromatic heterocycles. The maximum atomic E-state index is 15.4. The number of carboxylic acids is 1. The number of benzene rings is 1. The Hall–Kier alpha value is -2.81. The number of nitrogens with zero attached hydrogens (tertiary/aromatic N) is 4. The Kier molecular flexibility index (Phi) is 4.05. The minimum absolute atomic E-state index is 0.0123. The van der Waals surface area contributed by atoms with Crippen LogP contribution in [0.5, 0.6) is 5.75 Å². The van der Waals surface area contributed by atoms with E-state index in [0.29, 0.717) is 36.1 Å². The van der Waals surface area contributed by atoms with Gasteiger partial charge in [-0.05, 0) is 32.8 Å². The van der Waals surface area contributed by atoms with Gasteiger partial charge in [-0.1, -0.05) is 0 Å². The predicted octanol–water partition coefficient (Wildman–Crippen LogP) is 1.82. The first-order valence-corrected chi connectivity index (χ1v) is 10.2. The minimum Gasteiger partial charge on any atom is -0.477 e. The Balaban J connectivity index is 1.67. The molecule has 0 bridgehead atoms. The van der Waals surface area contributed by atoms with Crippen LogP contribution in [-0.4, -0.2) is 65.6 Å². The van der Waals surface area contributed by atoms with Crippen molar-refractivity contribution in [2.45, 2.75) is 38.3 Å². The molecule has 3 aliphatic rings. The number of pyridine rings is 1. The molecule has 0 amide bonds. The van der Waals surface area contributed by atoms with E-state index in [0.717, 1.165) is 25.5 Å². The summed E-state index contributed by atoms with van der Waals surface area (Å²) in [6.45, 7) is 6.80. The molecule has 160 valence electrons. The van der Waals surface area contributed by atoms with Gasteiger partial charge in [0.05, 0.1) is 5.39 Å². The van der Waals surface area contributed by atoms with E-state index in [9.17, 15) is 14.7 Å². The number of aromatic carboxylic acids is 1. The zero-order valence-electron chi connectivity index (χ0n) is 17.3. The van der Waals surface area contributed by atoms with E-state index in [2.05, 4.69) is 18.7 Å². The van der Waals surface area contributed by atoms with Gasteiger partial charge >= 0.3 is 5.97 Å². The molecular weight excluding hydrogens is 391 g/mol. The summed E-state index contributed by atoms with van der Waals surface area (Å²) < 4.78 is 22.9. The van der Waals surface area contributed by atoms with Crippen molar-refractivity contribution < 1.29 is 19.0 Å². The summed E-state index contributed by atoms with van der Waals surface area (Å²) in [6.07, 6.45) is 3.46. The van der Waals surface area contributed by atoms with Crippen LogP contribution in [0.25, 0.3) is 10.9 Å². The van der Waals surface area contributed by atoms with Gasteiger partial charge in [0.1, 0.15) is 16.8 Å². The number of anilines is 1. The Morgan fingerprint density at radius 3 is 2.83 bits per heavy atom. The fraction of sp³-hybridized carbons (Fsp3) is 0.524. The Morgan fingerprint density at radius 1 is 1.33 bits per heavy atom. The van der Waals surface area contributed by atoms with E-state index < -0.39 is 22.8 Å². The number of fused-ring (bicyclic) bond motifs is 1. The lowest BCUT2D eigenvalue weighted by Gasteiger charge is -2.44. The average Bonchev–Trinajstić information content (AvgIpc) is 3.00. The number of piperazine rings is 1. The molecule has 0 aliphatic carbocycles. The van der Waals surface area contributed by atoms with Gasteiger partial charge in [-0.25, -0.2) is 9.18 Å². The van der Waals surface area contributed by atoms with Crippen molar-refractivity contribution >= 4 is 22.6 Å². The lowest BCUT2D eigenvalue weighted by molar-refractivity contribution is 0.0694. The highest BCUT2D eigenvalue weighted by atomic mass is 19.1. The smallest absolute Gasteiger partial charge is 0.341 e. The molecule has 5 rings (SSSR count). The molecule has 30 heavy (non-hydrogen) atoms. The number of carboxylic acid groups (broad SMARTS) is 1. The molecule has 2 saturated heterocycles. The molecule has 0 saturated carbocycles. The monoisotopic (exact) mass is 416 g/mol. The number of halogens is 1. The van der Waals surface area contributed by atoms with Gasteiger partial charge < -0.3 is 14.7 Å². The van der Waals surface area contributed by atoms with Gasteiger partial charge in [0.2, 0.25) is 5.43 Å². The highest BCUT2D eigenvalue weighted by Crippen LogP contribution is 2.43. The molecule has 0 radical (unpaired) electrons. The standard InChI is InChI=1S/C21H25FN4O4/c1-21(2)5-4-12-9-24(6-7-25(12)21)17-15(22)8-13-16-19(17)30-11-23(3)26(16)10-14(18(13)27)20(28)29/h8,10,12H,4-7,9,11H2,1-3H3,(H,28,29)/t12-/m0/s1. The maximum Gasteiger partial charge on any atom is 0.341 e. The fourth-order valence-electron chi connectivity index (χ4n) is 5.24. The van der Waals surface area contributed by atoms with E-state index in [4.69, 9.17) is 4.74 Å². The molecule has 2 aromatic rings. The van der Waals surface area contributed by atoms with Gasteiger partial charge in [-0.3, -0.25) is 19.4 Å². The third kappa shape index (κ3) is 2.61. The largest absolute Gasteiger partial charge is 0.477 e. The lowest BCUT2D eigenvalue weighted by Crippen LogP contribution is -2.55. The number of carbonyl (C=O) groups is 1. The SMILES string of the molecule is CN1COc2c(N3CCN4[C@@H](CCC4(C)C)C3)c(F)cc3c(=O)c(C(=O)O)cn1c23. The molecule has 0 unspecified atom stereocenters. The van der Waals surface area contributed by atoms with Crippen molar-refractivity contribution in [2.75, 3.05) is 43.3 Å². The van der Waals surface area contributed by atoms with Crippen molar-refractivity contribution in [2.24, 2.45) is 0 Å². The predicted molar refractivity (Wildman–Crippen MR) is 111 cm³/mol. The second-order valence-electron chi connectivity index (χ2n) is 9.03. The zero-order chi connectivity index (χ0) is 21.4. The molecule has 1 atom stereocenters. The molecule has 4 heterocycles. The van der Waals surface area contributed by atoms with Crippen molar-refractivity contribution in [1.29, 1.82) is 0 Å². The van der Waals surface area contributed by atoms with Crippen LogP contribution in [0.3, 0.4) is 0 Å². The highest BCUT2D eigenvalue weighted by Gasteiger charge is 2.43. The molecule has 8 nitrogen and oxygen atoms in total. The summed E-state index contributed by atoms with van der Waals surface area (Å²) in [5.74, 6) is -1.58. The van der Waals surface area contributed by atoms with E-state index in [-0.39, 0.29) is 17.7 Å². The minimum atomic E-state index is -1.34. The van der Waals surface area contributed by atoms with Crippen molar-refractivity contribution in [3.8, 4) is 5.75 Å². The third-order valence-electron chi connectivity index (χ3n) is 6.81. The van der Waals surface area contributed by atoms with Crippen LogP contribution < -0.4 is 20.1 Å². The Morgan fingerprint density at radius 2 is 2.10 bits per heavy atom. The van der Waals surface area contributed by atoms with Gasteiger partial charge in [0, 0.05) is 44.5 Å².